The maximum atomic E-state index is 12.5. The van der Waals surface area contributed by atoms with Gasteiger partial charge in [-0.25, -0.2) is 0 Å². The Kier molecular flexibility index (Phi) is 8.18. The van der Waals surface area contributed by atoms with E-state index in [1.54, 1.807) is 48.5 Å². The van der Waals surface area contributed by atoms with Gasteiger partial charge < -0.3 is 21.3 Å². The predicted octanol–water partition coefficient (Wildman–Crippen LogP) is 3.81. The van der Waals surface area contributed by atoms with Crippen LogP contribution in [0.1, 0.15) is 40.1 Å². The van der Waals surface area contributed by atoms with Crippen LogP contribution in [0.5, 0.6) is 0 Å². The molecule has 33 heavy (non-hydrogen) atoms. The van der Waals surface area contributed by atoms with E-state index in [1.807, 2.05) is 44.2 Å². The lowest BCUT2D eigenvalue weighted by Crippen LogP contribution is -2.30. The molecule has 0 fully saturated rings. The summed E-state index contributed by atoms with van der Waals surface area (Å²) in [5.74, 6) is -0.654. The first-order chi connectivity index (χ1) is 15.9. The van der Waals surface area contributed by atoms with Crippen LogP contribution in [0.2, 0.25) is 0 Å². The molecule has 3 amide bonds. The molecule has 7 heteroatoms. The van der Waals surface area contributed by atoms with Crippen LogP contribution < -0.4 is 21.3 Å². The summed E-state index contributed by atoms with van der Waals surface area (Å²) < 4.78 is 0. The van der Waals surface area contributed by atoms with E-state index < -0.39 is 0 Å². The van der Waals surface area contributed by atoms with Crippen LogP contribution in [-0.4, -0.2) is 30.3 Å². The van der Waals surface area contributed by atoms with Crippen molar-refractivity contribution >= 4 is 29.1 Å². The fourth-order valence-electron chi connectivity index (χ4n) is 3.12. The molecule has 0 aromatic heterocycles. The van der Waals surface area contributed by atoms with Crippen molar-refractivity contribution < 1.29 is 14.4 Å². The normalized spacial score (nSPS) is 10.4. The topological polar surface area (TPSA) is 99.3 Å². The number of hydrogen-bond acceptors (Lipinski definition) is 4. The Morgan fingerprint density at radius 3 is 2.09 bits per heavy atom. The third-order valence-corrected chi connectivity index (χ3v) is 4.70. The van der Waals surface area contributed by atoms with Crippen LogP contribution in [0.3, 0.4) is 0 Å². The SMILES string of the molecule is CC(C)NC(=O)c1cccc(NCC(=O)Nc2cccc(C(=O)NCc3ccccc3)c2)c1. The number of anilines is 2. The van der Waals surface area contributed by atoms with Gasteiger partial charge in [-0.2, -0.15) is 0 Å². The number of carbonyl (C=O) groups is 3. The van der Waals surface area contributed by atoms with Crippen LogP contribution in [0, 0.1) is 0 Å². The Labute approximate surface area is 193 Å². The molecule has 0 atom stereocenters. The number of carbonyl (C=O) groups excluding carboxylic acids is 3. The Morgan fingerprint density at radius 2 is 1.39 bits per heavy atom. The number of benzene rings is 3. The second kappa shape index (κ2) is 11.5. The fourth-order valence-corrected chi connectivity index (χ4v) is 3.12. The molecule has 0 saturated carbocycles. The van der Waals surface area contributed by atoms with Gasteiger partial charge in [-0.1, -0.05) is 42.5 Å². The molecule has 3 aromatic carbocycles. The molecule has 0 bridgehead atoms. The van der Waals surface area contributed by atoms with E-state index in [9.17, 15) is 14.4 Å². The van der Waals surface area contributed by atoms with Crippen LogP contribution in [0.4, 0.5) is 11.4 Å². The number of hydrogen-bond donors (Lipinski definition) is 4. The molecule has 3 rings (SSSR count). The summed E-state index contributed by atoms with van der Waals surface area (Å²) in [4.78, 5) is 37.0. The largest absolute Gasteiger partial charge is 0.376 e. The summed E-state index contributed by atoms with van der Waals surface area (Å²) in [7, 11) is 0. The second-order valence-electron chi connectivity index (χ2n) is 7.86. The lowest BCUT2D eigenvalue weighted by Gasteiger charge is -2.11. The molecule has 0 saturated heterocycles. The van der Waals surface area contributed by atoms with Gasteiger partial charge in [-0.3, -0.25) is 14.4 Å². The maximum Gasteiger partial charge on any atom is 0.251 e. The predicted molar refractivity (Wildman–Crippen MR) is 130 cm³/mol. The van der Waals surface area contributed by atoms with Gasteiger partial charge in [-0.05, 0) is 55.8 Å². The maximum absolute atomic E-state index is 12.5. The molecule has 0 spiro atoms. The highest BCUT2D eigenvalue weighted by atomic mass is 16.2. The molecular formula is C26H28N4O3. The summed E-state index contributed by atoms with van der Waals surface area (Å²) in [6, 6.07) is 23.4. The van der Waals surface area contributed by atoms with E-state index in [0.29, 0.717) is 29.0 Å². The second-order valence-corrected chi connectivity index (χ2v) is 7.86. The van der Waals surface area contributed by atoms with Gasteiger partial charge in [-0.15, -0.1) is 0 Å². The summed E-state index contributed by atoms with van der Waals surface area (Å²) in [6.07, 6.45) is 0. The standard InChI is InChI=1S/C26H28N4O3/c1-18(2)29-26(33)21-11-6-12-22(14-21)27-17-24(31)30-23-13-7-10-20(15-23)25(32)28-16-19-8-4-3-5-9-19/h3-15,18,27H,16-17H2,1-2H3,(H,28,32)(H,29,33)(H,30,31). The molecular weight excluding hydrogens is 416 g/mol. The third-order valence-electron chi connectivity index (χ3n) is 4.70. The lowest BCUT2D eigenvalue weighted by molar-refractivity contribution is -0.114. The Balaban J connectivity index is 1.52. The molecule has 4 N–H and O–H groups in total. The van der Waals surface area contributed by atoms with E-state index >= 15 is 0 Å². The van der Waals surface area contributed by atoms with Gasteiger partial charge in [0.15, 0.2) is 0 Å². The van der Waals surface area contributed by atoms with Crippen LogP contribution >= 0.6 is 0 Å². The van der Waals surface area contributed by atoms with Crippen LogP contribution in [0.15, 0.2) is 78.9 Å². The highest BCUT2D eigenvalue weighted by molar-refractivity contribution is 5.98. The zero-order valence-corrected chi connectivity index (χ0v) is 18.7. The summed E-state index contributed by atoms with van der Waals surface area (Å²) in [5.41, 5.74) is 3.17. The average molecular weight is 445 g/mol. The first kappa shape index (κ1) is 23.5. The molecule has 0 aliphatic rings. The minimum Gasteiger partial charge on any atom is -0.376 e. The van der Waals surface area contributed by atoms with Gasteiger partial charge in [0.2, 0.25) is 5.91 Å². The first-order valence-corrected chi connectivity index (χ1v) is 10.8. The Bertz CT molecular complexity index is 1110. The molecule has 0 aliphatic carbocycles. The molecule has 0 aliphatic heterocycles. The minimum absolute atomic E-state index is 0.0136. The van der Waals surface area contributed by atoms with Gasteiger partial charge >= 0.3 is 0 Å². The molecule has 7 nitrogen and oxygen atoms in total. The quantitative estimate of drug-likeness (QED) is 0.403. The molecule has 170 valence electrons. The first-order valence-electron chi connectivity index (χ1n) is 10.8. The van der Waals surface area contributed by atoms with E-state index in [-0.39, 0.29) is 30.3 Å². The summed E-state index contributed by atoms with van der Waals surface area (Å²) >= 11 is 0. The van der Waals surface area contributed by atoms with Gasteiger partial charge in [0.25, 0.3) is 11.8 Å². The van der Waals surface area contributed by atoms with E-state index in [2.05, 4.69) is 21.3 Å². The fraction of sp³-hybridized carbons (Fsp3) is 0.192. The number of amides is 3. The van der Waals surface area contributed by atoms with Crippen LogP contribution in [-0.2, 0) is 11.3 Å². The zero-order valence-electron chi connectivity index (χ0n) is 18.7. The molecule has 0 radical (unpaired) electrons. The molecule has 0 heterocycles. The third kappa shape index (κ3) is 7.50. The van der Waals surface area contributed by atoms with Crippen molar-refractivity contribution in [3.05, 3.63) is 95.6 Å². The Hall–Kier alpha value is -4.13. The van der Waals surface area contributed by atoms with Crippen molar-refractivity contribution in [2.75, 3.05) is 17.2 Å². The van der Waals surface area contributed by atoms with E-state index in [0.717, 1.165) is 5.56 Å². The van der Waals surface area contributed by atoms with Crippen LogP contribution in [0.25, 0.3) is 0 Å². The van der Waals surface area contributed by atoms with Crippen molar-refractivity contribution in [3.8, 4) is 0 Å². The summed E-state index contributed by atoms with van der Waals surface area (Å²) in [5, 5.41) is 11.5. The van der Waals surface area contributed by atoms with Gasteiger partial charge in [0.05, 0.1) is 6.54 Å². The number of rotatable bonds is 9. The van der Waals surface area contributed by atoms with Crippen molar-refractivity contribution in [2.45, 2.75) is 26.4 Å². The van der Waals surface area contributed by atoms with Crippen molar-refractivity contribution in [1.29, 1.82) is 0 Å². The van der Waals surface area contributed by atoms with Crippen molar-refractivity contribution in [3.63, 3.8) is 0 Å². The monoisotopic (exact) mass is 444 g/mol. The molecule has 3 aromatic rings. The van der Waals surface area contributed by atoms with Crippen molar-refractivity contribution in [2.24, 2.45) is 0 Å². The minimum atomic E-state index is -0.270. The van der Waals surface area contributed by atoms with Gasteiger partial charge in [0, 0.05) is 35.1 Å². The smallest absolute Gasteiger partial charge is 0.251 e. The summed E-state index contributed by atoms with van der Waals surface area (Å²) in [6.45, 7) is 4.23. The van der Waals surface area contributed by atoms with Crippen molar-refractivity contribution in [1.82, 2.24) is 10.6 Å². The number of nitrogens with one attached hydrogen (secondary N) is 4. The molecule has 0 unspecified atom stereocenters. The highest BCUT2D eigenvalue weighted by Gasteiger charge is 2.10. The highest BCUT2D eigenvalue weighted by Crippen LogP contribution is 2.13. The van der Waals surface area contributed by atoms with Gasteiger partial charge in [0.1, 0.15) is 0 Å². The average Bonchev–Trinajstić information content (AvgIpc) is 2.82. The Morgan fingerprint density at radius 1 is 0.758 bits per heavy atom. The lowest BCUT2D eigenvalue weighted by atomic mass is 10.1. The van der Waals surface area contributed by atoms with E-state index in [4.69, 9.17) is 0 Å². The zero-order chi connectivity index (χ0) is 23.6. The van der Waals surface area contributed by atoms with E-state index in [1.165, 1.54) is 0 Å².